The van der Waals surface area contributed by atoms with Crippen LogP contribution < -0.4 is 0 Å². The highest BCUT2D eigenvalue weighted by molar-refractivity contribution is 5.74. The second-order valence-corrected chi connectivity index (χ2v) is 4.86. The number of hydrogen-bond donors (Lipinski definition) is 0. The van der Waals surface area contributed by atoms with Crippen LogP contribution in [0.1, 0.15) is 39.5 Å². The molecular weight excluding hydrogens is 188 g/mol. The molecule has 0 aliphatic heterocycles. The molecule has 2 bridgehead atoms. The summed E-state index contributed by atoms with van der Waals surface area (Å²) < 4.78 is 5.27. The fraction of sp³-hybridized carbons (Fsp3) is 0.769. The summed E-state index contributed by atoms with van der Waals surface area (Å²) in [5, 5.41) is 0. The van der Waals surface area contributed by atoms with Crippen molar-refractivity contribution >= 4 is 5.97 Å². The van der Waals surface area contributed by atoms with Gasteiger partial charge >= 0.3 is 5.97 Å². The van der Waals surface area contributed by atoms with Gasteiger partial charge < -0.3 is 4.74 Å². The fourth-order valence-corrected chi connectivity index (χ4v) is 2.97. The number of allylic oxidation sites excluding steroid dienone is 2. The normalized spacial score (nSPS) is 33.7. The van der Waals surface area contributed by atoms with E-state index in [4.69, 9.17) is 4.74 Å². The van der Waals surface area contributed by atoms with Gasteiger partial charge in [0.1, 0.15) is 0 Å². The molecule has 3 atom stereocenters. The van der Waals surface area contributed by atoms with Gasteiger partial charge in [-0.1, -0.05) is 18.6 Å². The van der Waals surface area contributed by atoms with Gasteiger partial charge in [0.05, 0.1) is 12.5 Å². The molecule has 3 unspecified atom stereocenters. The highest BCUT2D eigenvalue weighted by Gasteiger charge is 2.39. The van der Waals surface area contributed by atoms with E-state index in [9.17, 15) is 4.79 Å². The van der Waals surface area contributed by atoms with E-state index >= 15 is 0 Å². The van der Waals surface area contributed by atoms with Crippen molar-refractivity contribution in [2.75, 3.05) is 6.61 Å². The summed E-state index contributed by atoms with van der Waals surface area (Å²) >= 11 is 0. The third kappa shape index (κ3) is 2.09. The first kappa shape index (κ1) is 10.7. The third-order valence-electron chi connectivity index (χ3n) is 3.73. The summed E-state index contributed by atoms with van der Waals surface area (Å²) in [6.07, 6.45) is 6.74. The highest BCUT2D eigenvalue weighted by atomic mass is 16.5. The Balaban J connectivity index is 2.00. The average Bonchev–Trinajstić information content (AvgIpc) is 2.26. The Morgan fingerprint density at radius 3 is 2.93 bits per heavy atom. The first-order chi connectivity index (χ1) is 7.22. The number of hydrogen-bond acceptors (Lipinski definition) is 2. The lowest BCUT2D eigenvalue weighted by molar-refractivity contribution is -0.152. The largest absolute Gasteiger partial charge is 0.465 e. The zero-order valence-electron chi connectivity index (χ0n) is 9.66. The summed E-state index contributed by atoms with van der Waals surface area (Å²) in [6.45, 7) is 4.77. The van der Waals surface area contributed by atoms with Crippen molar-refractivity contribution in [3.05, 3.63) is 11.6 Å². The Labute approximate surface area is 91.7 Å². The molecule has 1 fully saturated rings. The number of ether oxygens (including phenoxy) is 1. The molecule has 0 spiro atoms. The summed E-state index contributed by atoms with van der Waals surface area (Å²) in [7, 11) is 0. The number of rotatable bonds is 3. The molecule has 3 aliphatic rings. The van der Waals surface area contributed by atoms with Gasteiger partial charge in [-0.3, -0.25) is 4.79 Å². The van der Waals surface area contributed by atoms with Crippen LogP contribution >= 0.6 is 0 Å². The molecule has 2 nitrogen and oxygen atoms in total. The van der Waals surface area contributed by atoms with Gasteiger partial charge in [0.25, 0.3) is 0 Å². The topological polar surface area (TPSA) is 26.3 Å². The first-order valence-electron chi connectivity index (χ1n) is 6.07. The van der Waals surface area contributed by atoms with Crippen molar-refractivity contribution < 1.29 is 9.53 Å². The van der Waals surface area contributed by atoms with Gasteiger partial charge in [-0.2, -0.15) is 0 Å². The van der Waals surface area contributed by atoms with E-state index in [1.165, 1.54) is 18.4 Å². The standard InChI is InChI=1S/C13H20O2/c1-3-6-15-13(14)12-8-10-4-5-11(12)9(2)7-10/h7,10-12H,3-6,8H2,1-2H3. The van der Waals surface area contributed by atoms with Gasteiger partial charge in [-0.15, -0.1) is 0 Å². The zero-order chi connectivity index (χ0) is 10.8. The lowest BCUT2D eigenvalue weighted by atomic mass is 9.65. The molecule has 3 aliphatic carbocycles. The van der Waals surface area contributed by atoms with Gasteiger partial charge in [-0.25, -0.2) is 0 Å². The van der Waals surface area contributed by atoms with Crippen molar-refractivity contribution in [2.24, 2.45) is 17.8 Å². The monoisotopic (exact) mass is 208 g/mol. The molecule has 0 heterocycles. The van der Waals surface area contributed by atoms with Gasteiger partial charge in [0, 0.05) is 0 Å². The lowest BCUT2D eigenvalue weighted by Gasteiger charge is -2.39. The molecule has 0 aromatic rings. The first-order valence-corrected chi connectivity index (χ1v) is 6.07. The maximum absolute atomic E-state index is 11.8. The van der Waals surface area contributed by atoms with Crippen LogP contribution in [-0.4, -0.2) is 12.6 Å². The van der Waals surface area contributed by atoms with Gasteiger partial charge in [-0.05, 0) is 44.4 Å². The van der Waals surface area contributed by atoms with Crippen LogP contribution in [0.3, 0.4) is 0 Å². The van der Waals surface area contributed by atoms with Crippen molar-refractivity contribution in [1.82, 2.24) is 0 Å². The molecule has 3 rings (SSSR count). The maximum Gasteiger partial charge on any atom is 0.309 e. The van der Waals surface area contributed by atoms with E-state index in [1.54, 1.807) is 0 Å². The number of esters is 1. The van der Waals surface area contributed by atoms with Crippen LogP contribution in [0.4, 0.5) is 0 Å². The molecule has 0 aromatic carbocycles. The molecule has 0 saturated heterocycles. The highest BCUT2D eigenvalue weighted by Crippen LogP contribution is 2.44. The molecule has 15 heavy (non-hydrogen) atoms. The van der Waals surface area contributed by atoms with Crippen LogP contribution in [0, 0.1) is 17.8 Å². The molecule has 0 amide bonds. The average molecular weight is 208 g/mol. The third-order valence-corrected chi connectivity index (χ3v) is 3.73. The number of carbonyl (C=O) groups excluding carboxylic acids is 1. The van der Waals surface area contributed by atoms with Crippen molar-refractivity contribution in [3.63, 3.8) is 0 Å². The molecule has 84 valence electrons. The summed E-state index contributed by atoms with van der Waals surface area (Å²) in [4.78, 5) is 11.8. The Morgan fingerprint density at radius 1 is 1.53 bits per heavy atom. The summed E-state index contributed by atoms with van der Waals surface area (Å²) in [5.74, 6) is 1.30. The lowest BCUT2D eigenvalue weighted by Crippen LogP contribution is -2.36. The van der Waals surface area contributed by atoms with Crippen LogP contribution in [0.15, 0.2) is 11.6 Å². The minimum atomic E-state index is 0.0407. The Hall–Kier alpha value is -0.790. The van der Waals surface area contributed by atoms with Crippen molar-refractivity contribution in [2.45, 2.75) is 39.5 Å². The van der Waals surface area contributed by atoms with E-state index in [1.807, 2.05) is 6.92 Å². The molecule has 0 N–H and O–H groups in total. The quantitative estimate of drug-likeness (QED) is 0.526. The minimum absolute atomic E-state index is 0.0407. The second kappa shape index (κ2) is 4.38. The number of carbonyl (C=O) groups is 1. The predicted octanol–water partition coefficient (Wildman–Crippen LogP) is 2.93. The smallest absolute Gasteiger partial charge is 0.309 e. The van der Waals surface area contributed by atoms with Crippen LogP contribution in [0.2, 0.25) is 0 Å². The maximum atomic E-state index is 11.8. The molecular formula is C13H20O2. The summed E-state index contributed by atoms with van der Waals surface area (Å²) in [5.41, 5.74) is 1.41. The molecule has 1 saturated carbocycles. The second-order valence-electron chi connectivity index (χ2n) is 4.86. The Morgan fingerprint density at radius 2 is 2.33 bits per heavy atom. The molecule has 2 heteroatoms. The van der Waals surface area contributed by atoms with E-state index in [-0.39, 0.29) is 11.9 Å². The Bertz CT molecular complexity index is 280. The van der Waals surface area contributed by atoms with Crippen LogP contribution in [0.5, 0.6) is 0 Å². The molecule has 0 radical (unpaired) electrons. The minimum Gasteiger partial charge on any atom is -0.465 e. The van der Waals surface area contributed by atoms with Crippen molar-refractivity contribution in [3.8, 4) is 0 Å². The van der Waals surface area contributed by atoms with E-state index in [2.05, 4.69) is 13.0 Å². The predicted molar refractivity (Wildman–Crippen MR) is 59.3 cm³/mol. The zero-order valence-corrected chi connectivity index (χ0v) is 9.66. The van der Waals surface area contributed by atoms with Crippen LogP contribution in [-0.2, 0) is 9.53 Å². The SMILES string of the molecule is CCCOC(=O)C1CC2C=C(C)C1CC2. The van der Waals surface area contributed by atoms with E-state index in [0.717, 1.165) is 12.8 Å². The summed E-state index contributed by atoms with van der Waals surface area (Å²) in [6, 6.07) is 0. The van der Waals surface area contributed by atoms with E-state index in [0.29, 0.717) is 18.4 Å². The molecule has 0 aromatic heterocycles. The Kier molecular flexibility index (Phi) is 3.13. The van der Waals surface area contributed by atoms with Gasteiger partial charge in [0.15, 0.2) is 0 Å². The fourth-order valence-electron chi connectivity index (χ4n) is 2.97. The van der Waals surface area contributed by atoms with Crippen molar-refractivity contribution in [1.29, 1.82) is 0 Å². The van der Waals surface area contributed by atoms with Crippen LogP contribution in [0.25, 0.3) is 0 Å². The number of fused-ring (bicyclic) bond motifs is 2. The van der Waals surface area contributed by atoms with E-state index < -0.39 is 0 Å². The van der Waals surface area contributed by atoms with Gasteiger partial charge in [0.2, 0.25) is 0 Å².